The monoisotopic (exact) mass is 291 g/mol. The Morgan fingerprint density at radius 1 is 1.38 bits per heavy atom. The molecule has 0 unspecified atom stereocenters. The summed E-state index contributed by atoms with van der Waals surface area (Å²) in [5, 5.41) is 2.94. The summed E-state index contributed by atoms with van der Waals surface area (Å²) in [5.74, 6) is 1.66. The summed E-state index contributed by atoms with van der Waals surface area (Å²) in [7, 11) is 3.83. The molecule has 0 radical (unpaired) electrons. The minimum Gasteiger partial charge on any atom is -0.378 e. The van der Waals surface area contributed by atoms with E-state index >= 15 is 0 Å². The molecule has 0 spiro atoms. The van der Waals surface area contributed by atoms with Gasteiger partial charge in [-0.3, -0.25) is 4.79 Å². The zero-order chi connectivity index (χ0) is 14.8. The minimum atomic E-state index is 0.0702. The van der Waals surface area contributed by atoms with Gasteiger partial charge in [-0.15, -0.1) is 0 Å². The number of hydrogen-bond acceptors (Lipinski definition) is 6. The highest BCUT2D eigenvalue weighted by Crippen LogP contribution is 2.32. The van der Waals surface area contributed by atoms with E-state index in [1.165, 1.54) is 0 Å². The van der Waals surface area contributed by atoms with Crippen LogP contribution in [0, 0.1) is 5.92 Å². The van der Waals surface area contributed by atoms with E-state index in [4.69, 9.17) is 4.74 Å². The first-order valence-electron chi connectivity index (χ1n) is 7.33. The summed E-state index contributed by atoms with van der Waals surface area (Å²) in [6.45, 7) is 2.98. The van der Waals surface area contributed by atoms with Gasteiger partial charge in [-0.1, -0.05) is 0 Å². The van der Waals surface area contributed by atoms with E-state index in [1.54, 1.807) is 6.20 Å². The lowest BCUT2D eigenvalue weighted by molar-refractivity contribution is -0.117. The molecule has 1 amide bonds. The molecule has 1 saturated heterocycles. The Morgan fingerprint density at radius 2 is 2.10 bits per heavy atom. The molecule has 0 aromatic carbocycles. The molecule has 3 rings (SSSR count). The lowest BCUT2D eigenvalue weighted by Gasteiger charge is -2.28. The van der Waals surface area contributed by atoms with Gasteiger partial charge in [0, 0.05) is 33.1 Å². The highest BCUT2D eigenvalue weighted by atomic mass is 16.5. The molecule has 1 aromatic rings. The molecule has 1 N–H and O–H groups in total. The number of rotatable bonds is 4. The van der Waals surface area contributed by atoms with E-state index in [1.807, 2.05) is 19.0 Å². The number of ether oxygens (including phenoxy) is 1. The zero-order valence-corrected chi connectivity index (χ0v) is 12.5. The number of nitrogens with zero attached hydrogens (tertiary/aromatic N) is 4. The Kier molecular flexibility index (Phi) is 3.92. The van der Waals surface area contributed by atoms with Gasteiger partial charge in [-0.2, -0.15) is 4.98 Å². The van der Waals surface area contributed by atoms with Crippen LogP contribution in [0.4, 0.5) is 17.5 Å². The molecule has 7 heteroatoms. The Morgan fingerprint density at radius 3 is 2.71 bits per heavy atom. The maximum Gasteiger partial charge on any atom is 0.227 e. The molecule has 1 aliphatic heterocycles. The lowest BCUT2D eigenvalue weighted by atomic mass is 10.3. The molecular weight excluding hydrogens is 270 g/mol. The number of carbonyl (C=O) groups excluding carboxylic acids is 1. The average molecular weight is 291 g/mol. The summed E-state index contributed by atoms with van der Waals surface area (Å²) in [5.41, 5.74) is 0.675. The van der Waals surface area contributed by atoms with Crippen molar-refractivity contribution in [1.29, 1.82) is 0 Å². The third-order valence-electron chi connectivity index (χ3n) is 3.68. The van der Waals surface area contributed by atoms with Crippen LogP contribution in [0.1, 0.15) is 12.8 Å². The standard InChI is InChI=1S/C14H21N5O2/c1-18(2)12-11(16-13(20)10-3-4-10)9-15-14(17-12)19-5-7-21-8-6-19/h9-10H,3-8H2,1-2H3,(H,16,20). The van der Waals surface area contributed by atoms with Gasteiger partial charge in [0.25, 0.3) is 0 Å². The van der Waals surface area contributed by atoms with Crippen LogP contribution >= 0.6 is 0 Å². The predicted octanol–water partition coefficient (Wildman–Crippen LogP) is 0.728. The van der Waals surface area contributed by atoms with E-state index in [-0.39, 0.29) is 11.8 Å². The average Bonchev–Trinajstić information content (AvgIpc) is 3.33. The largest absolute Gasteiger partial charge is 0.378 e. The van der Waals surface area contributed by atoms with Gasteiger partial charge in [0.2, 0.25) is 11.9 Å². The second kappa shape index (κ2) is 5.85. The summed E-state index contributed by atoms with van der Waals surface area (Å²) in [6, 6.07) is 0. The Bertz CT molecular complexity index is 524. The molecule has 21 heavy (non-hydrogen) atoms. The molecular formula is C14H21N5O2. The van der Waals surface area contributed by atoms with Crippen LogP contribution in [0.5, 0.6) is 0 Å². The van der Waals surface area contributed by atoms with E-state index in [9.17, 15) is 4.79 Å². The summed E-state index contributed by atoms with van der Waals surface area (Å²) in [6.07, 6.45) is 3.67. The first-order chi connectivity index (χ1) is 10.1. The normalized spacial score (nSPS) is 18.5. The van der Waals surface area contributed by atoms with Crippen molar-refractivity contribution in [2.24, 2.45) is 5.92 Å². The van der Waals surface area contributed by atoms with Gasteiger partial charge in [0.1, 0.15) is 5.69 Å². The molecule has 0 bridgehead atoms. The topological polar surface area (TPSA) is 70.6 Å². The minimum absolute atomic E-state index is 0.0702. The van der Waals surface area contributed by atoms with Gasteiger partial charge in [-0.25, -0.2) is 4.98 Å². The molecule has 2 fully saturated rings. The maximum absolute atomic E-state index is 11.9. The maximum atomic E-state index is 11.9. The number of carbonyl (C=O) groups is 1. The van der Waals surface area contributed by atoms with Crippen LogP contribution < -0.4 is 15.1 Å². The molecule has 7 nitrogen and oxygen atoms in total. The van der Waals surface area contributed by atoms with Crippen molar-refractivity contribution in [3.05, 3.63) is 6.20 Å². The Balaban J connectivity index is 1.81. The predicted molar refractivity (Wildman–Crippen MR) is 80.7 cm³/mol. The van der Waals surface area contributed by atoms with Crippen LogP contribution in [0.25, 0.3) is 0 Å². The van der Waals surface area contributed by atoms with E-state index in [0.717, 1.165) is 31.7 Å². The van der Waals surface area contributed by atoms with E-state index in [2.05, 4.69) is 20.2 Å². The quantitative estimate of drug-likeness (QED) is 0.882. The third-order valence-corrected chi connectivity index (χ3v) is 3.68. The number of amides is 1. The van der Waals surface area contributed by atoms with Gasteiger partial charge in [-0.05, 0) is 12.8 Å². The van der Waals surface area contributed by atoms with E-state index < -0.39 is 0 Å². The van der Waals surface area contributed by atoms with Crippen molar-refractivity contribution in [2.45, 2.75) is 12.8 Å². The van der Waals surface area contributed by atoms with Crippen molar-refractivity contribution >= 4 is 23.4 Å². The fourth-order valence-corrected chi connectivity index (χ4v) is 2.29. The molecule has 2 heterocycles. The Labute approximate surface area is 124 Å². The van der Waals surface area contributed by atoms with Crippen molar-refractivity contribution in [3.8, 4) is 0 Å². The highest BCUT2D eigenvalue weighted by Gasteiger charge is 2.30. The van der Waals surface area contributed by atoms with Crippen molar-refractivity contribution in [3.63, 3.8) is 0 Å². The van der Waals surface area contributed by atoms with Gasteiger partial charge < -0.3 is 19.9 Å². The highest BCUT2D eigenvalue weighted by molar-refractivity contribution is 5.96. The number of anilines is 3. The first-order valence-corrected chi connectivity index (χ1v) is 7.33. The molecule has 2 aliphatic rings. The SMILES string of the molecule is CN(C)c1nc(N2CCOCC2)ncc1NC(=O)C1CC1. The fourth-order valence-electron chi connectivity index (χ4n) is 2.29. The lowest BCUT2D eigenvalue weighted by Crippen LogP contribution is -2.37. The molecule has 1 aliphatic carbocycles. The van der Waals surface area contributed by atoms with Crippen molar-refractivity contribution < 1.29 is 9.53 Å². The molecule has 1 aromatic heterocycles. The Hall–Kier alpha value is -1.89. The summed E-state index contributed by atoms with van der Waals surface area (Å²) in [4.78, 5) is 24.9. The van der Waals surface area contributed by atoms with Crippen LogP contribution in [-0.4, -0.2) is 56.3 Å². The third kappa shape index (κ3) is 3.24. The molecule has 114 valence electrons. The second-order valence-electron chi connectivity index (χ2n) is 5.66. The molecule has 0 atom stereocenters. The van der Waals surface area contributed by atoms with Crippen LogP contribution in [0.15, 0.2) is 6.20 Å². The van der Waals surface area contributed by atoms with Crippen molar-refractivity contribution in [2.75, 3.05) is 55.5 Å². The number of morpholine rings is 1. The smallest absolute Gasteiger partial charge is 0.227 e. The van der Waals surface area contributed by atoms with Crippen molar-refractivity contribution in [1.82, 2.24) is 9.97 Å². The first kappa shape index (κ1) is 14.1. The van der Waals surface area contributed by atoms with Gasteiger partial charge in [0.15, 0.2) is 5.82 Å². The number of nitrogens with one attached hydrogen (secondary N) is 1. The summed E-state index contributed by atoms with van der Waals surface area (Å²) < 4.78 is 5.34. The van der Waals surface area contributed by atoms with Crippen LogP contribution in [-0.2, 0) is 9.53 Å². The van der Waals surface area contributed by atoms with Gasteiger partial charge >= 0.3 is 0 Å². The zero-order valence-electron chi connectivity index (χ0n) is 12.5. The molecule has 1 saturated carbocycles. The van der Waals surface area contributed by atoms with E-state index in [0.29, 0.717) is 24.8 Å². The van der Waals surface area contributed by atoms with Gasteiger partial charge in [0.05, 0.1) is 19.4 Å². The number of hydrogen-bond donors (Lipinski definition) is 1. The second-order valence-corrected chi connectivity index (χ2v) is 5.66. The fraction of sp³-hybridized carbons (Fsp3) is 0.643. The van der Waals surface area contributed by atoms with Crippen LogP contribution in [0.2, 0.25) is 0 Å². The van der Waals surface area contributed by atoms with Crippen LogP contribution in [0.3, 0.4) is 0 Å². The number of aromatic nitrogens is 2. The summed E-state index contributed by atoms with van der Waals surface area (Å²) >= 11 is 0.